The van der Waals surface area contributed by atoms with E-state index in [0.29, 0.717) is 0 Å². The standard InChI is InChI=1S/C11H17N3O5/c1-4-19-10(17)8(15)7-11(2,18-3)14-13-9(16)5-6-12/h7,14-15H,4-5H2,1-3H3,(H,13,16)/b8-7-. The Morgan fingerprint density at radius 2 is 2.21 bits per heavy atom. The maximum Gasteiger partial charge on any atom is 0.322 e. The first-order valence-corrected chi connectivity index (χ1v) is 5.49. The predicted molar refractivity (Wildman–Crippen MR) is 62.8 cm³/mol. The number of aliphatic hydroxyl groups is 2. The topological polar surface area (TPSA) is 127 Å². The average molecular weight is 271 g/mol. The van der Waals surface area contributed by atoms with Crippen molar-refractivity contribution in [2.75, 3.05) is 13.7 Å². The minimum atomic E-state index is -1.27. The van der Waals surface area contributed by atoms with E-state index in [4.69, 9.17) is 5.26 Å². The largest absolute Gasteiger partial charge is 0.868 e. The van der Waals surface area contributed by atoms with Gasteiger partial charge >= 0.3 is 5.97 Å². The molecule has 0 aliphatic carbocycles. The summed E-state index contributed by atoms with van der Waals surface area (Å²) in [5.74, 6) is -2.45. The number of esters is 1. The number of ether oxygens (including phenoxy) is 2. The SMILES string of the molecule is CCOC(=O)/C([O-])=C/C(C)(NNC(=O)CC#N)[OH+]C. The van der Waals surface area contributed by atoms with E-state index in [0.717, 1.165) is 6.08 Å². The van der Waals surface area contributed by atoms with Crippen LogP contribution in [0.4, 0.5) is 0 Å². The molecular formula is C11H17N3O5. The molecule has 19 heavy (non-hydrogen) atoms. The van der Waals surface area contributed by atoms with E-state index in [1.165, 1.54) is 14.0 Å². The average Bonchev–Trinajstić information content (AvgIpc) is 2.37. The lowest BCUT2D eigenvalue weighted by Crippen LogP contribution is -2.54. The third-order valence-electron chi connectivity index (χ3n) is 2.05. The summed E-state index contributed by atoms with van der Waals surface area (Å²) >= 11 is 0. The van der Waals surface area contributed by atoms with Gasteiger partial charge in [0.1, 0.15) is 13.5 Å². The Kier molecular flexibility index (Phi) is 7.18. The molecule has 1 atom stereocenters. The quantitative estimate of drug-likeness (QED) is 0.140. The van der Waals surface area contributed by atoms with Crippen molar-refractivity contribution in [1.82, 2.24) is 10.9 Å². The smallest absolute Gasteiger partial charge is 0.322 e. The van der Waals surface area contributed by atoms with Crippen LogP contribution in [0, 0.1) is 11.3 Å². The highest BCUT2D eigenvalue weighted by molar-refractivity contribution is 5.85. The van der Waals surface area contributed by atoms with E-state index in [9.17, 15) is 14.7 Å². The molecule has 3 N–H and O–H groups in total. The molecule has 0 aromatic heterocycles. The van der Waals surface area contributed by atoms with E-state index in [2.05, 4.69) is 20.3 Å². The molecule has 0 saturated carbocycles. The number of carbonyl (C=O) groups excluding carboxylic acids is 2. The lowest BCUT2D eigenvalue weighted by atomic mass is 10.2. The lowest BCUT2D eigenvalue weighted by Gasteiger charge is -2.24. The number of hydrazine groups is 1. The van der Waals surface area contributed by atoms with Crippen molar-refractivity contribution in [3.05, 3.63) is 11.8 Å². The molecule has 0 aromatic carbocycles. The van der Waals surface area contributed by atoms with Gasteiger partial charge in [0.25, 0.3) is 5.72 Å². The van der Waals surface area contributed by atoms with Crippen LogP contribution in [0.1, 0.15) is 20.3 Å². The zero-order valence-corrected chi connectivity index (χ0v) is 11.0. The molecule has 0 rings (SSSR count). The summed E-state index contributed by atoms with van der Waals surface area (Å²) in [6, 6.07) is 1.66. The van der Waals surface area contributed by atoms with Crippen molar-refractivity contribution >= 4 is 11.9 Å². The molecule has 8 nitrogen and oxygen atoms in total. The second-order valence-corrected chi connectivity index (χ2v) is 3.61. The number of nitrogens with zero attached hydrogens (tertiary/aromatic N) is 1. The molecule has 0 aromatic rings. The van der Waals surface area contributed by atoms with Gasteiger partial charge in [0.15, 0.2) is 0 Å². The summed E-state index contributed by atoms with van der Waals surface area (Å²) in [7, 11) is 1.40. The fourth-order valence-electron chi connectivity index (χ4n) is 0.985. The van der Waals surface area contributed by atoms with Gasteiger partial charge < -0.3 is 14.6 Å². The molecule has 0 saturated heterocycles. The van der Waals surface area contributed by atoms with Gasteiger partial charge in [-0.25, -0.2) is 4.79 Å². The van der Waals surface area contributed by atoms with Gasteiger partial charge in [-0.3, -0.25) is 10.2 Å². The zero-order chi connectivity index (χ0) is 14.9. The van der Waals surface area contributed by atoms with Gasteiger partial charge in [-0.15, -0.1) is 0 Å². The third-order valence-corrected chi connectivity index (χ3v) is 2.05. The van der Waals surface area contributed by atoms with Crippen LogP contribution in [0.15, 0.2) is 11.8 Å². The molecular weight excluding hydrogens is 254 g/mol. The summed E-state index contributed by atoms with van der Waals surface area (Å²) < 4.78 is 8.38. The minimum Gasteiger partial charge on any atom is -0.868 e. The van der Waals surface area contributed by atoms with Crippen LogP contribution in [0.5, 0.6) is 0 Å². The van der Waals surface area contributed by atoms with E-state index in [1.807, 2.05) is 0 Å². The van der Waals surface area contributed by atoms with Crippen LogP contribution in [-0.2, 0) is 14.3 Å². The summed E-state index contributed by atoms with van der Waals surface area (Å²) in [4.78, 5) is 22.3. The summed E-state index contributed by atoms with van der Waals surface area (Å²) in [6.07, 6.45) is 0.649. The van der Waals surface area contributed by atoms with Gasteiger partial charge in [0.2, 0.25) is 5.91 Å². The highest BCUT2D eigenvalue weighted by Crippen LogP contribution is 2.05. The monoisotopic (exact) mass is 271 g/mol. The van der Waals surface area contributed by atoms with Gasteiger partial charge in [0, 0.05) is 13.0 Å². The third kappa shape index (κ3) is 6.40. The first-order chi connectivity index (χ1) is 8.88. The molecule has 8 heteroatoms. The van der Waals surface area contributed by atoms with Crippen molar-refractivity contribution in [3.8, 4) is 6.07 Å². The number of nitrogens with one attached hydrogen (secondary N) is 2. The van der Waals surface area contributed by atoms with E-state index in [1.54, 1.807) is 13.0 Å². The number of amides is 1. The second-order valence-electron chi connectivity index (χ2n) is 3.61. The molecule has 0 aliphatic rings. The fourth-order valence-corrected chi connectivity index (χ4v) is 0.985. The normalized spacial score (nSPS) is 14.1. The Morgan fingerprint density at radius 1 is 1.58 bits per heavy atom. The predicted octanol–water partition coefficient (Wildman–Crippen LogP) is -1.80. The molecule has 0 fully saturated rings. The van der Waals surface area contributed by atoms with Crippen molar-refractivity contribution < 1.29 is 24.2 Å². The Bertz CT molecular complexity index is 402. The van der Waals surface area contributed by atoms with Crippen molar-refractivity contribution in [3.63, 3.8) is 0 Å². The Balaban J connectivity index is 4.68. The van der Waals surface area contributed by atoms with E-state index >= 15 is 0 Å². The van der Waals surface area contributed by atoms with E-state index < -0.39 is 23.4 Å². The zero-order valence-electron chi connectivity index (χ0n) is 11.0. The highest BCUT2D eigenvalue weighted by Gasteiger charge is 2.26. The summed E-state index contributed by atoms with van der Waals surface area (Å²) in [5, 5.41) is 19.8. The van der Waals surface area contributed by atoms with Crippen LogP contribution in [0.2, 0.25) is 0 Å². The number of carbonyl (C=O) groups is 2. The first kappa shape index (κ1) is 16.9. The maximum atomic E-state index is 11.5. The summed E-state index contributed by atoms with van der Waals surface area (Å²) in [5.41, 5.74) is 3.40. The molecule has 106 valence electrons. The summed E-state index contributed by atoms with van der Waals surface area (Å²) in [6.45, 7) is 3.14. The van der Waals surface area contributed by atoms with Gasteiger partial charge in [-0.1, -0.05) is 0 Å². The molecule has 0 radical (unpaired) electrons. The number of hydrogen-bond donors (Lipinski definition) is 2. The van der Waals surface area contributed by atoms with Crippen LogP contribution < -0.4 is 16.0 Å². The maximum absolute atomic E-state index is 11.5. The van der Waals surface area contributed by atoms with Crippen LogP contribution in [-0.4, -0.2) is 36.1 Å². The number of rotatable bonds is 7. The fraction of sp³-hybridized carbons (Fsp3) is 0.545. The Labute approximate surface area is 111 Å². The Morgan fingerprint density at radius 3 is 2.68 bits per heavy atom. The molecule has 1 amide bonds. The van der Waals surface area contributed by atoms with Crippen molar-refractivity contribution in [2.45, 2.75) is 26.0 Å². The molecule has 0 bridgehead atoms. The molecule has 0 spiro atoms. The van der Waals surface area contributed by atoms with Gasteiger partial charge in [0.05, 0.1) is 12.7 Å². The van der Waals surface area contributed by atoms with Gasteiger partial charge in [-0.05, 0) is 12.7 Å². The second kappa shape index (κ2) is 8.07. The number of nitriles is 1. The van der Waals surface area contributed by atoms with Crippen molar-refractivity contribution in [2.24, 2.45) is 0 Å². The van der Waals surface area contributed by atoms with Crippen molar-refractivity contribution in [1.29, 1.82) is 5.26 Å². The molecule has 0 aliphatic heterocycles. The lowest BCUT2D eigenvalue weighted by molar-refractivity contribution is -0.306. The first-order valence-electron chi connectivity index (χ1n) is 5.49. The number of hydrogen-bond acceptors (Lipinski definition) is 6. The van der Waals surface area contributed by atoms with Gasteiger partial charge in [-0.2, -0.15) is 10.7 Å². The molecule has 0 heterocycles. The highest BCUT2D eigenvalue weighted by atomic mass is 16.5. The van der Waals surface area contributed by atoms with Crippen LogP contribution >= 0.6 is 0 Å². The minimum absolute atomic E-state index is 0.0880. The van der Waals surface area contributed by atoms with Crippen LogP contribution in [0.25, 0.3) is 0 Å². The Hall–Kier alpha value is -2.11. The molecule has 1 unspecified atom stereocenters. The van der Waals surface area contributed by atoms with E-state index in [-0.39, 0.29) is 13.0 Å². The van der Waals surface area contributed by atoms with Crippen LogP contribution in [0.3, 0.4) is 0 Å².